The van der Waals surface area contributed by atoms with Crippen LogP contribution in [0.5, 0.6) is 0 Å². The third-order valence-electron chi connectivity index (χ3n) is 3.18. The van der Waals surface area contributed by atoms with Gasteiger partial charge in [-0.3, -0.25) is 0 Å². The number of allylic oxidation sites excluding steroid dienone is 2. The minimum Gasteiger partial charge on any atom is -0.507 e. The molecule has 0 aromatic carbocycles. The van der Waals surface area contributed by atoms with Gasteiger partial charge in [-0.05, 0) is 44.8 Å². The Morgan fingerprint density at radius 2 is 2.19 bits per heavy atom. The van der Waals surface area contributed by atoms with Crippen molar-refractivity contribution in [2.75, 3.05) is 0 Å². The molecule has 16 heavy (non-hydrogen) atoms. The SMILES string of the molecule is CC1=C(O)C=C2C(C)CC(C)(C)OC2C#C1. The van der Waals surface area contributed by atoms with Crippen LogP contribution in [0, 0.1) is 17.8 Å². The molecular weight excluding hydrogens is 200 g/mol. The van der Waals surface area contributed by atoms with Crippen molar-refractivity contribution in [3.63, 3.8) is 0 Å². The monoisotopic (exact) mass is 218 g/mol. The second-order valence-electron chi connectivity index (χ2n) is 5.29. The highest BCUT2D eigenvalue weighted by Crippen LogP contribution is 2.37. The molecule has 1 heterocycles. The van der Waals surface area contributed by atoms with E-state index in [0.717, 1.165) is 17.6 Å². The Morgan fingerprint density at radius 3 is 2.88 bits per heavy atom. The molecule has 0 aromatic heterocycles. The van der Waals surface area contributed by atoms with Crippen LogP contribution < -0.4 is 0 Å². The molecule has 2 heteroatoms. The predicted octanol–water partition coefficient (Wildman–Crippen LogP) is 2.97. The molecule has 2 atom stereocenters. The largest absolute Gasteiger partial charge is 0.507 e. The summed E-state index contributed by atoms with van der Waals surface area (Å²) in [5.74, 6) is 6.72. The van der Waals surface area contributed by atoms with Crippen LogP contribution in [-0.2, 0) is 4.74 Å². The van der Waals surface area contributed by atoms with E-state index in [1.807, 2.05) is 13.0 Å². The summed E-state index contributed by atoms with van der Waals surface area (Å²) in [6.07, 6.45) is 2.61. The maximum absolute atomic E-state index is 9.79. The topological polar surface area (TPSA) is 29.5 Å². The zero-order chi connectivity index (χ0) is 11.9. The molecule has 86 valence electrons. The van der Waals surface area contributed by atoms with E-state index in [2.05, 4.69) is 32.6 Å². The van der Waals surface area contributed by atoms with E-state index in [1.165, 1.54) is 0 Å². The summed E-state index contributed by atoms with van der Waals surface area (Å²) in [5, 5.41) is 9.79. The molecule has 1 saturated heterocycles. The minimum absolute atomic E-state index is 0.135. The fourth-order valence-corrected chi connectivity index (χ4v) is 2.38. The van der Waals surface area contributed by atoms with Crippen molar-refractivity contribution in [2.24, 2.45) is 5.92 Å². The number of ether oxygens (including phenoxy) is 1. The molecule has 2 unspecified atom stereocenters. The third-order valence-corrected chi connectivity index (χ3v) is 3.18. The number of fused-ring (bicyclic) bond motifs is 1. The van der Waals surface area contributed by atoms with Gasteiger partial charge in [-0.15, -0.1) is 0 Å². The Balaban J connectivity index is 2.40. The van der Waals surface area contributed by atoms with Crippen LogP contribution in [0.25, 0.3) is 0 Å². The van der Waals surface area contributed by atoms with Crippen molar-refractivity contribution in [1.82, 2.24) is 0 Å². The Kier molecular flexibility index (Phi) is 2.59. The van der Waals surface area contributed by atoms with Crippen LogP contribution in [0.2, 0.25) is 0 Å². The zero-order valence-electron chi connectivity index (χ0n) is 10.3. The summed E-state index contributed by atoms with van der Waals surface area (Å²) in [6, 6.07) is 0. The van der Waals surface area contributed by atoms with Crippen LogP contribution in [-0.4, -0.2) is 16.8 Å². The summed E-state index contributed by atoms with van der Waals surface area (Å²) in [5.41, 5.74) is 1.68. The molecule has 1 N–H and O–H groups in total. The first-order chi connectivity index (χ1) is 7.39. The summed E-state index contributed by atoms with van der Waals surface area (Å²) in [4.78, 5) is 0. The first kappa shape index (κ1) is 11.3. The van der Waals surface area contributed by atoms with E-state index in [0.29, 0.717) is 5.92 Å². The minimum atomic E-state index is -0.168. The molecule has 1 aliphatic carbocycles. The van der Waals surface area contributed by atoms with Crippen LogP contribution in [0.1, 0.15) is 34.1 Å². The summed E-state index contributed by atoms with van der Waals surface area (Å²) >= 11 is 0. The zero-order valence-corrected chi connectivity index (χ0v) is 10.3. The molecule has 1 aliphatic heterocycles. The Morgan fingerprint density at radius 1 is 1.50 bits per heavy atom. The number of hydrogen-bond donors (Lipinski definition) is 1. The van der Waals surface area contributed by atoms with Crippen LogP contribution >= 0.6 is 0 Å². The molecule has 0 spiro atoms. The predicted molar refractivity (Wildman–Crippen MR) is 63.9 cm³/mol. The first-order valence-electron chi connectivity index (χ1n) is 5.70. The van der Waals surface area contributed by atoms with Gasteiger partial charge in [0.1, 0.15) is 11.9 Å². The van der Waals surface area contributed by atoms with Gasteiger partial charge in [0, 0.05) is 5.57 Å². The third kappa shape index (κ3) is 2.01. The normalized spacial score (nSPS) is 32.1. The van der Waals surface area contributed by atoms with Crippen LogP contribution in [0.4, 0.5) is 0 Å². The average Bonchev–Trinajstić information content (AvgIpc) is 2.28. The van der Waals surface area contributed by atoms with E-state index in [-0.39, 0.29) is 17.5 Å². The molecule has 2 nitrogen and oxygen atoms in total. The molecule has 0 bridgehead atoms. The lowest BCUT2D eigenvalue weighted by Crippen LogP contribution is -2.40. The van der Waals surface area contributed by atoms with Crippen molar-refractivity contribution in [3.8, 4) is 11.8 Å². The number of aliphatic hydroxyl groups is 1. The molecule has 2 rings (SSSR count). The van der Waals surface area contributed by atoms with E-state index in [4.69, 9.17) is 4.74 Å². The summed E-state index contributed by atoms with van der Waals surface area (Å²) in [7, 11) is 0. The lowest BCUT2D eigenvalue weighted by atomic mass is 9.82. The Labute approximate surface area is 97.0 Å². The molecule has 2 aliphatic rings. The Hall–Kier alpha value is -1.20. The van der Waals surface area contributed by atoms with Gasteiger partial charge < -0.3 is 9.84 Å². The standard InChI is InChI=1S/C14H18O2/c1-9-5-6-13-11(7-12(9)15)10(2)8-14(3,4)16-13/h7,10,13,15H,8H2,1-4H3. The van der Waals surface area contributed by atoms with E-state index in [1.54, 1.807) is 0 Å². The number of hydrogen-bond acceptors (Lipinski definition) is 2. The first-order valence-corrected chi connectivity index (χ1v) is 5.70. The van der Waals surface area contributed by atoms with Gasteiger partial charge >= 0.3 is 0 Å². The van der Waals surface area contributed by atoms with Gasteiger partial charge in [-0.2, -0.15) is 0 Å². The quantitative estimate of drug-likeness (QED) is 0.633. The lowest BCUT2D eigenvalue weighted by Gasteiger charge is -2.39. The summed E-state index contributed by atoms with van der Waals surface area (Å²) in [6.45, 7) is 8.17. The van der Waals surface area contributed by atoms with Crippen molar-refractivity contribution in [3.05, 3.63) is 23.0 Å². The molecule has 0 amide bonds. The van der Waals surface area contributed by atoms with Gasteiger partial charge in [0.15, 0.2) is 0 Å². The second-order valence-corrected chi connectivity index (χ2v) is 5.29. The fraction of sp³-hybridized carbons (Fsp3) is 0.571. The summed E-state index contributed by atoms with van der Waals surface area (Å²) < 4.78 is 5.95. The highest BCUT2D eigenvalue weighted by Gasteiger charge is 2.36. The van der Waals surface area contributed by atoms with E-state index >= 15 is 0 Å². The second kappa shape index (κ2) is 3.68. The van der Waals surface area contributed by atoms with Gasteiger partial charge in [0.2, 0.25) is 0 Å². The fourth-order valence-electron chi connectivity index (χ4n) is 2.38. The van der Waals surface area contributed by atoms with Crippen LogP contribution in [0.15, 0.2) is 23.0 Å². The van der Waals surface area contributed by atoms with Gasteiger partial charge in [0.25, 0.3) is 0 Å². The maximum Gasteiger partial charge on any atom is 0.141 e. The molecule has 0 aromatic rings. The number of aliphatic hydroxyl groups excluding tert-OH is 1. The molecule has 0 saturated carbocycles. The van der Waals surface area contributed by atoms with Gasteiger partial charge in [0.05, 0.1) is 5.60 Å². The maximum atomic E-state index is 9.79. The lowest BCUT2D eigenvalue weighted by molar-refractivity contribution is -0.0707. The van der Waals surface area contributed by atoms with Gasteiger partial charge in [-0.1, -0.05) is 18.8 Å². The van der Waals surface area contributed by atoms with Crippen molar-refractivity contribution >= 4 is 0 Å². The Bertz CT molecular complexity index is 429. The highest BCUT2D eigenvalue weighted by atomic mass is 16.5. The van der Waals surface area contributed by atoms with Crippen LogP contribution in [0.3, 0.4) is 0 Å². The van der Waals surface area contributed by atoms with Crippen molar-refractivity contribution in [2.45, 2.75) is 45.8 Å². The van der Waals surface area contributed by atoms with Gasteiger partial charge in [-0.25, -0.2) is 0 Å². The van der Waals surface area contributed by atoms with Crippen molar-refractivity contribution in [1.29, 1.82) is 0 Å². The van der Waals surface area contributed by atoms with E-state index < -0.39 is 0 Å². The van der Waals surface area contributed by atoms with Crippen molar-refractivity contribution < 1.29 is 9.84 Å². The smallest absolute Gasteiger partial charge is 0.141 e. The molecule has 0 radical (unpaired) electrons. The van der Waals surface area contributed by atoms with E-state index in [9.17, 15) is 5.11 Å². The molecular formula is C14H18O2. The highest BCUT2D eigenvalue weighted by molar-refractivity contribution is 5.43. The average molecular weight is 218 g/mol. The number of rotatable bonds is 0. The molecule has 1 fully saturated rings.